The first-order valence-corrected chi connectivity index (χ1v) is 2.54. The highest BCUT2D eigenvalue weighted by Crippen LogP contribution is 2.17. The lowest BCUT2D eigenvalue weighted by molar-refractivity contribution is -0.567. The second-order valence-corrected chi connectivity index (χ2v) is 1.91. The number of nitroso groups, excluding NO2 is 1. The summed E-state index contributed by atoms with van der Waals surface area (Å²) in [6.07, 6.45) is 0.329. The third-order valence-corrected chi connectivity index (χ3v) is 1.27. The summed E-state index contributed by atoms with van der Waals surface area (Å²) < 4.78 is 0.556. The summed E-state index contributed by atoms with van der Waals surface area (Å²) in [5.41, 5.74) is 0.484. The van der Waals surface area contributed by atoms with E-state index in [0.29, 0.717) is 23.3 Å². The average molecular weight is 114 g/mol. The van der Waals surface area contributed by atoms with E-state index in [2.05, 4.69) is 6.58 Å². The van der Waals surface area contributed by atoms with Crippen molar-refractivity contribution in [3.05, 3.63) is 17.2 Å². The Morgan fingerprint density at radius 1 is 1.88 bits per heavy atom. The maximum Gasteiger partial charge on any atom is 0.309 e. The number of nitrogens with zero attached hydrogens (tertiary/aromatic N) is 1. The number of rotatable bonds is 0. The van der Waals surface area contributed by atoms with Crippen LogP contribution in [0, 0.1) is 4.91 Å². The normalized spacial score (nSPS) is 29.4. The summed E-state index contributed by atoms with van der Waals surface area (Å²) >= 11 is 0. The van der Waals surface area contributed by atoms with Crippen molar-refractivity contribution >= 4 is 0 Å². The van der Waals surface area contributed by atoms with E-state index in [4.69, 9.17) is 5.11 Å². The monoisotopic (exact) mass is 114 g/mol. The molecule has 0 saturated carbocycles. The van der Waals surface area contributed by atoms with Crippen molar-refractivity contribution in [3.8, 4) is 0 Å². The van der Waals surface area contributed by atoms with Gasteiger partial charge in [-0.25, -0.2) is 0 Å². The maximum atomic E-state index is 10.5. The molecule has 1 atom stereocenters. The Balaban J connectivity index is 2.71. The number of allylic oxidation sites excluding steroid dienone is 1. The molecule has 1 saturated heterocycles. The number of hydrogen-bond donors (Lipinski definition) is 1. The molecule has 44 valence electrons. The zero-order chi connectivity index (χ0) is 6.15. The SMILES string of the molecule is C=C1CCC(O)[N+]1=O. The summed E-state index contributed by atoms with van der Waals surface area (Å²) in [6.45, 7) is 3.44. The summed E-state index contributed by atoms with van der Waals surface area (Å²) in [4.78, 5) is 10.5. The molecule has 1 aliphatic heterocycles. The van der Waals surface area contributed by atoms with Crippen LogP contribution in [-0.2, 0) is 0 Å². The smallest absolute Gasteiger partial charge is 0.309 e. The Morgan fingerprint density at radius 3 is 2.62 bits per heavy atom. The van der Waals surface area contributed by atoms with Crippen molar-refractivity contribution in [1.29, 1.82) is 0 Å². The van der Waals surface area contributed by atoms with Crippen molar-refractivity contribution in [2.24, 2.45) is 0 Å². The van der Waals surface area contributed by atoms with E-state index >= 15 is 0 Å². The number of hydrogen-bond acceptors (Lipinski definition) is 2. The van der Waals surface area contributed by atoms with Gasteiger partial charge >= 0.3 is 6.23 Å². The van der Waals surface area contributed by atoms with E-state index in [1.54, 1.807) is 0 Å². The molecule has 0 bridgehead atoms. The van der Waals surface area contributed by atoms with Gasteiger partial charge in [-0.15, -0.1) is 0 Å². The Hall–Kier alpha value is -0.700. The van der Waals surface area contributed by atoms with Crippen LogP contribution in [0.15, 0.2) is 12.3 Å². The zero-order valence-corrected chi connectivity index (χ0v) is 4.50. The van der Waals surface area contributed by atoms with Crippen LogP contribution in [-0.4, -0.2) is 16.1 Å². The molecule has 1 fully saturated rings. The van der Waals surface area contributed by atoms with Crippen LogP contribution in [0.3, 0.4) is 0 Å². The molecule has 0 aromatic carbocycles. The predicted octanol–water partition coefficient (Wildman–Crippen LogP) is 0.391. The molecule has 0 aromatic rings. The van der Waals surface area contributed by atoms with E-state index in [9.17, 15) is 4.91 Å². The van der Waals surface area contributed by atoms with E-state index < -0.39 is 6.23 Å². The minimum atomic E-state index is -0.831. The van der Waals surface area contributed by atoms with Crippen LogP contribution >= 0.6 is 0 Å². The van der Waals surface area contributed by atoms with E-state index in [0.717, 1.165) is 0 Å². The fourth-order valence-corrected chi connectivity index (χ4v) is 0.734. The molecule has 1 aliphatic rings. The molecule has 8 heavy (non-hydrogen) atoms. The summed E-state index contributed by atoms with van der Waals surface area (Å²) in [7, 11) is 0. The quantitative estimate of drug-likeness (QED) is 0.463. The van der Waals surface area contributed by atoms with Crippen molar-refractivity contribution in [1.82, 2.24) is 0 Å². The maximum absolute atomic E-state index is 10.5. The minimum absolute atomic E-state index is 0.484. The van der Waals surface area contributed by atoms with Gasteiger partial charge in [0.25, 0.3) is 0 Å². The van der Waals surface area contributed by atoms with Gasteiger partial charge in [0.05, 0.1) is 11.2 Å². The standard InChI is InChI=1S/C5H8NO2/c1-4-2-3-5(7)6(4)8/h5,7H,1-3H2/q+1. The van der Waals surface area contributed by atoms with Gasteiger partial charge in [-0.2, -0.15) is 0 Å². The summed E-state index contributed by atoms with van der Waals surface area (Å²) in [5, 5.41) is 8.72. The van der Waals surface area contributed by atoms with Crippen molar-refractivity contribution < 1.29 is 9.87 Å². The van der Waals surface area contributed by atoms with Gasteiger partial charge in [0.2, 0.25) is 5.70 Å². The Kier molecular flexibility index (Phi) is 1.13. The molecule has 0 aromatic heterocycles. The van der Waals surface area contributed by atoms with Crippen LogP contribution in [0.5, 0.6) is 0 Å². The highest BCUT2D eigenvalue weighted by atomic mass is 16.4. The molecule has 0 amide bonds. The van der Waals surface area contributed by atoms with Gasteiger partial charge in [0.1, 0.15) is 0 Å². The molecule has 0 radical (unpaired) electrons. The molecule has 1 rings (SSSR count). The Bertz CT molecular complexity index is 141. The molecule has 0 spiro atoms. The van der Waals surface area contributed by atoms with Gasteiger partial charge in [0, 0.05) is 11.3 Å². The van der Waals surface area contributed by atoms with Gasteiger partial charge in [-0.1, -0.05) is 0 Å². The lowest BCUT2D eigenvalue weighted by Gasteiger charge is -1.83. The molecule has 3 heteroatoms. The topological polar surface area (TPSA) is 40.3 Å². The third-order valence-electron chi connectivity index (χ3n) is 1.27. The largest absolute Gasteiger partial charge is 0.334 e. The van der Waals surface area contributed by atoms with Crippen molar-refractivity contribution in [2.75, 3.05) is 0 Å². The molecule has 1 unspecified atom stereocenters. The van der Waals surface area contributed by atoms with E-state index in [-0.39, 0.29) is 0 Å². The third kappa shape index (κ3) is 0.648. The lowest BCUT2D eigenvalue weighted by Crippen LogP contribution is -2.12. The highest BCUT2D eigenvalue weighted by molar-refractivity contribution is 4.84. The molecule has 3 nitrogen and oxygen atoms in total. The average Bonchev–Trinajstić information content (AvgIpc) is 1.98. The first-order chi connectivity index (χ1) is 3.72. The Morgan fingerprint density at radius 2 is 2.50 bits per heavy atom. The second kappa shape index (κ2) is 1.67. The fourth-order valence-electron chi connectivity index (χ4n) is 0.734. The molecular weight excluding hydrogens is 106 g/mol. The van der Waals surface area contributed by atoms with E-state index in [1.807, 2.05) is 0 Å². The predicted molar refractivity (Wildman–Crippen MR) is 28.0 cm³/mol. The molecular formula is C5H8NO2+. The second-order valence-electron chi connectivity index (χ2n) is 1.91. The molecule has 0 aliphatic carbocycles. The van der Waals surface area contributed by atoms with Crippen LogP contribution < -0.4 is 0 Å². The highest BCUT2D eigenvalue weighted by Gasteiger charge is 2.33. The van der Waals surface area contributed by atoms with Crippen LogP contribution in [0.2, 0.25) is 0 Å². The minimum Gasteiger partial charge on any atom is -0.334 e. The van der Waals surface area contributed by atoms with Gasteiger partial charge in [0.15, 0.2) is 0 Å². The molecule has 1 N–H and O–H groups in total. The Labute approximate surface area is 47.2 Å². The van der Waals surface area contributed by atoms with Crippen LogP contribution in [0.1, 0.15) is 12.8 Å². The van der Waals surface area contributed by atoms with Gasteiger partial charge < -0.3 is 5.11 Å². The first kappa shape index (κ1) is 5.44. The number of aliphatic hydroxyl groups is 1. The van der Waals surface area contributed by atoms with E-state index in [1.165, 1.54) is 0 Å². The van der Waals surface area contributed by atoms with Gasteiger partial charge in [-0.05, 0) is 6.58 Å². The fraction of sp³-hybridized carbons (Fsp3) is 0.600. The van der Waals surface area contributed by atoms with Crippen LogP contribution in [0.4, 0.5) is 0 Å². The summed E-state index contributed by atoms with van der Waals surface area (Å²) in [6, 6.07) is 0. The van der Waals surface area contributed by atoms with Crippen molar-refractivity contribution in [2.45, 2.75) is 19.1 Å². The van der Waals surface area contributed by atoms with Crippen molar-refractivity contribution in [3.63, 3.8) is 0 Å². The zero-order valence-electron chi connectivity index (χ0n) is 4.50. The summed E-state index contributed by atoms with van der Waals surface area (Å²) in [5.74, 6) is 0. The van der Waals surface area contributed by atoms with Gasteiger partial charge in [-0.3, -0.25) is 0 Å². The first-order valence-electron chi connectivity index (χ1n) is 2.54. The number of aliphatic hydroxyl groups excluding tert-OH is 1. The molecule has 1 heterocycles. The van der Waals surface area contributed by atoms with Crippen LogP contribution in [0.25, 0.3) is 0 Å². The lowest BCUT2D eigenvalue weighted by atomic mass is 10.3.